The number of hydrogen-bond acceptors (Lipinski definition) is 2. The lowest BCUT2D eigenvalue weighted by atomic mass is 10.3. The van der Waals surface area contributed by atoms with Gasteiger partial charge in [0.15, 0.2) is 6.54 Å². The van der Waals surface area contributed by atoms with Crippen LogP contribution in [0.25, 0.3) is 10.2 Å². The van der Waals surface area contributed by atoms with Crippen LogP contribution in [0.1, 0.15) is 0 Å². The Hall–Kier alpha value is -0.0600. The Balaban J connectivity index is 2.25. The summed E-state index contributed by atoms with van der Waals surface area (Å²) in [6, 6.07) is 8.64. The predicted molar refractivity (Wildman–Crippen MR) is 65.5 cm³/mol. The normalized spacial score (nSPS) is 21.1. The first-order valence-corrected chi connectivity index (χ1v) is 7.24. The number of rotatable bonds is 0. The van der Waals surface area contributed by atoms with E-state index in [4.69, 9.17) is 0 Å². The largest absolute Gasteiger partial charge is 0.298 e. The average molecular weight is 287 g/mol. The molecule has 0 radical (unpaired) electrons. The van der Waals surface area contributed by atoms with Crippen molar-refractivity contribution in [2.24, 2.45) is 0 Å². The van der Waals surface area contributed by atoms with E-state index in [1.54, 1.807) is 0 Å². The Labute approximate surface area is 99.3 Å². The van der Waals surface area contributed by atoms with E-state index in [-0.39, 0.29) is 0 Å². The molecule has 0 unspecified atom stereocenters. The van der Waals surface area contributed by atoms with E-state index in [0.29, 0.717) is 4.83 Å². The second-order valence-corrected chi connectivity index (χ2v) is 6.95. The Kier molecular flexibility index (Phi) is 2.30. The molecule has 0 N–H and O–H groups in total. The van der Waals surface area contributed by atoms with Gasteiger partial charge in [-0.15, -0.1) is 0 Å². The van der Waals surface area contributed by atoms with Crippen LogP contribution in [-0.2, 0) is 6.54 Å². The van der Waals surface area contributed by atoms with Crippen LogP contribution in [0.5, 0.6) is 0 Å². The lowest BCUT2D eigenvalue weighted by Gasteiger charge is -2.10. The predicted octanol–water partition coefficient (Wildman–Crippen LogP) is 3.06. The number of para-hydroxylation sites is 1. The molecule has 72 valence electrons. The maximum absolute atomic E-state index is 3.69. The molecule has 0 aliphatic carbocycles. The molecule has 14 heavy (non-hydrogen) atoms. The van der Waals surface area contributed by atoms with Crippen molar-refractivity contribution in [2.75, 3.05) is 5.75 Å². The second kappa shape index (κ2) is 3.51. The number of thiazole rings is 1. The molecule has 0 amide bonds. The van der Waals surface area contributed by atoms with Crippen molar-refractivity contribution in [1.29, 1.82) is 0 Å². The molecule has 1 nitrogen and oxygen atoms in total. The van der Waals surface area contributed by atoms with Crippen LogP contribution in [0.2, 0.25) is 0 Å². The SMILES string of the molecule is Br[C@H]1CSc2sc3ccccc3[n+]2C1. The minimum atomic E-state index is 0.614. The van der Waals surface area contributed by atoms with E-state index in [9.17, 15) is 0 Å². The fourth-order valence-electron chi connectivity index (χ4n) is 1.71. The molecule has 1 aliphatic heterocycles. The van der Waals surface area contributed by atoms with Crippen molar-refractivity contribution in [3.05, 3.63) is 24.3 Å². The third-order valence-corrected chi connectivity index (χ3v) is 5.98. The molecule has 1 aromatic heterocycles. The number of nitrogens with zero attached hydrogens (tertiary/aromatic N) is 1. The van der Waals surface area contributed by atoms with E-state index < -0.39 is 0 Å². The van der Waals surface area contributed by atoms with Gasteiger partial charge >= 0.3 is 0 Å². The minimum Gasteiger partial charge on any atom is -0.175 e. The van der Waals surface area contributed by atoms with E-state index >= 15 is 0 Å². The summed E-state index contributed by atoms with van der Waals surface area (Å²) < 4.78 is 5.27. The quantitative estimate of drug-likeness (QED) is 0.532. The van der Waals surface area contributed by atoms with E-state index in [2.05, 4.69) is 44.8 Å². The minimum absolute atomic E-state index is 0.614. The zero-order chi connectivity index (χ0) is 9.54. The smallest absolute Gasteiger partial charge is 0.175 e. The molecular formula is C10H9BrNS2+. The topological polar surface area (TPSA) is 3.88 Å². The summed E-state index contributed by atoms with van der Waals surface area (Å²) in [5, 5.41) is 0. The summed E-state index contributed by atoms with van der Waals surface area (Å²) in [5.41, 5.74) is 1.38. The fourth-order valence-corrected chi connectivity index (χ4v) is 4.76. The summed E-state index contributed by atoms with van der Waals surface area (Å²) in [4.78, 5) is 0.614. The summed E-state index contributed by atoms with van der Waals surface area (Å²) in [6.07, 6.45) is 0. The van der Waals surface area contributed by atoms with Gasteiger partial charge in [-0.2, -0.15) is 4.57 Å². The molecular weight excluding hydrogens is 278 g/mol. The number of fused-ring (bicyclic) bond motifs is 3. The molecule has 3 rings (SSSR count). The number of hydrogen-bond donors (Lipinski definition) is 0. The third-order valence-electron chi connectivity index (χ3n) is 2.34. The number of halogens is 1. The van der Waals surface area contributed by atoms with Crippen LogP contribution in [0.4, 0.5) is 0 Å². The van der Waals surface area contributed by atoms with Gasteiger partial charge < -0.3 is 0 Å². The first-order chi connectivity index (χ1) is 6.84. The van der Waals surface area contributed by atoms with Crippen molar-refractivity contribution in [2.45, 2.75) is 15.7 Å². The zero-order valence-electron chi connectivity index (χ0n) is 7.44. The first-order valence-electron chi connectivity index (χ1n) is 4.53. The third kappa shape index (κ3) is 1.40. The monoisotopic (exact) mass is 286 g/mol. The molecule has 4 heteroatoms. The standard InChI is InChI=1S/C10H9BrNS2/c11-7-5-12-8-3-1-2-4-9(8)14-10(12)13-6-7/h1-4,7H,5-6H2/q+1/t7-/m1/s1. The summed E-state index contributed by atoms with van der Waals surface area (Å²) in [6.45, 7) is 1.10. The highest BCUT2D eigenvalue weighted by atomic mass is 79.9. The highest BCUT2D eigenvalue weighted by Gasteiger charge is 2.28. The van der Waals surface area contributed by atoms with Gasteiger partial charge in [0.25, 0.3) is 4.34 Å². The van der Waals surface area contributed by atoms with Crippen molar-refractivity contribution in [1.82, 2.24) is 0 Å². The number of thioether (sulfide) groups is 1. The van der Waals surface area contributed by atoms with Gasteiger partial charge in [-0.1, -0.05) is 39.4 Å². The van der Waals surface area contributed by atoms with Crippen LogP contribution >= 0.6 is 39.0 Å². The molecule has 0 fully saturated rings. The van der Waals surface area contributed by atoms with Gasteiger partial charge in [-0.25, -0.2) is 0 Å². The molecule has 0 bridgehead atoms. The van der Waals surface area contributed by atoms with Crippen LogP contribution in [0.15, 0.2) is 28.6 Å². The van der Waals surface area contributed by atoms with Crippen molar-refractivity contribution < 1.29 is 4.57 Å². The van der Waals surface area contributed by atoms with E-state index in [1.165, 1.54) is 20.3 Å². The molecule has 2 aromatic rings. The number of benzene rings is 1. The van der Waals surface area contributed by atoms with Crippen molar-refractivity contribution in [3.8, 4) is 0 Å². The van der Waals surface area contributed by atoms with Gasteiger partial charge in [0, 0.05) is 11.8 Å². The van der Waals surface area contributed by atoms with Crippen molar-refractivity contribution in [3.63, 3.8) is 0 Å². The van der Waals surface area contributed by atoms with Gasteiger partial charge in [0.1, 0.15) is 4.70 Å². The van der Waals surface area contributed by atoms with Gasteiger partial charge in [-0.05, 0) is 17.8 Å². The maximum Gasteiger partial charge on any atom is 0.298 e. The highest BCUT2D eigenvalue weighted by Crippen LogP contribution is 2.32. The van der Waals surface area contributed by atoms with Crippen molar-refractivity contribution >= 4 is 49.2 Å². The molecule has 0 spiro atoms. The Morgan fingerprint density at radius 1 is 1.36 bits per heavy atom. The molecule has 1 atom stereocenters. The van der Waals surface area contributed by atoms with E-state index in [1.807, 2.05) is 23.1 Å². The lowest BCUT2D eigenvalue weighted by molar-refractivity contribution is -0.702. The highest BCUT2D eigenvalue weighted by molar-refractivity contribution is 9.09. The molecule has 0 saturated carbocycles. The molecule has 1 aromatic carbocycles. The molecule has 2 heterocycles. The Morgan fingerprint density at radius 2 is 2.21 bits per heavy atom. The van der Waals surface area contributed by atoms with Crippen LogP contribution in [0.3, 0.4) is 0 Å². The second-order valence-electron chi connectivity index (χ2n) is 3.35. The summed E-state index contributed by atoms with van der Waals surface area (Å²) >= 11 is 7.56. The van der Waals surface area contributed by atoms with E-state index in [0.717, 1.165) is 6.54 Å². The fraction of sp³-hybridized carbons (Fsp3) is 0.300. The van der Waals surface area contributed by atoms with Crippen LogP contribution in [-0.4, -0.2) is 10.6 Å². The zero-order valence-corrected chi connectivity index (χ0v) is 10.7. The average Bonchev–Trinajstić information content (AvgIpc) is 2.56. The summed E-state index contributed by atoms with van der Waals surface area (Å²) in [5.74, 6) is 1.19. The van der Waals surface area contributed by atoms with Gasteiger partial charge in [0.2, 0.25) is 5.52 Å². The molecule has 0 saturated heterocycles. The summed E-state index contributed by atoms with van der Waals surface area (Å²) in [7, 11) is 0. The maximum atomic E-state index is 3.69. The van der Waals surface area contributed by atoms with Gasteiger partial charge in [-0.3, -0.25) is 0 Å². The lowest BCUT2D eigenvalue weighted by Crippen LogP contribution is -2.42. The number of alkyl halides is 1. The Morgan fingerprint density at radius 3 is 3.14 bits per heavy atom. The molecule has 1 aliphatic rings. The first kappa shape index (κ1) is 9.19. The Bertz CT molecular complexity index is 480. The van der Waals surface area contributed by atoms with Gasteiger partial charge in [0.05, 0.1) is 4.83 Å². The van der Waals surface area contributed by atoms with Crippen LogP contribution in [0, 0.1) is 0 Å². The van der Waals surface area contributed by atoms with Crippen LogP contribution < -0.4 is 4.57 Å². The number of aromatic nitrogens is 1.